The van der Waals surface area contributed by atoms with E-state index in [9.17, 15) is 4.79 Å². The van der Waals surface area contributed by atoms with Gasteiger partial charge in [-0.3, -0.25) is 0 Å². The second kappa shape index (κ2) is 3.60. The Labute approximate surface area is 66.9 Å². The minimum absolute atomic E-state index is 0.0799. The first-order chi connectivity index (χ1) is 5.18. The van der Waals surface area contributed by atoms with Crippen LogP contribution in [0.15, 0.2) is 0 Å². The van der Waals surface area contributed by atoms with Gasteiger partial charge >= 0.3 is 6.09 Å². The van der Waals surface area contributed by atoms with E-state index in [4.69, 9.17) is 10.5 Å². The minimum atomic E-state index is -0.635. The van der Waals surface area contributed by atoms with E-state index in [-0.39, 0.29) is 6.10 Å². The highest BCUT2D eigenvalue weighted by atomic mass is 16.6. The third-order valence-electron chi connectivity index (χ3n) is 2.17. The zero-order valence-corrected chi connectivity index (χ0v) is 6.88. The molecule has 1 fully saturated rings. The summed E-state index contributed by atoms with van der Waals surface area (Å²) in [5.41, 5.74) is 4.91. The molecule has 0 radical (unpaired) electrons. The monoisotopic (exact) mass is 157 g/mol. The van der Waals surface area contributed by atoms with Crippen LogP contribution in [0.2, 0.25) is 0 Å². The Morgan fingerprint density at radius 2 is 2.27 bits per heavy atom. The van der Waals surface area contributed by atoms with Gasteiger partial charge in [0.15, 0.2) is 0 Å². The molecule has 0 aromatic heterocycles. The Morgan fingerprint density at radius 3 is 2.82 bits per heavy atom. The maximum absolute atomic E-state index is 10.4. The molecule has 3 heteroatoms. The molecule has 1 aliphatic rings. The van der Waals surface area contributed by atoms with Gasteiger partial charge in [-0.05, 0) is 25.2 Å². The van der Waals surface area contributed by atoms with E-state index in [1.807, 2.05) is 0 Å². The molecule has 1 amide bonds. The van der Waals surface area contributed by atoms with E-state index >= 15 is 0 Å². The van der Waals surface area contributed by atoms with Crippen molar-refractivity contribution in [2.75, 3.05) is 0 Å². The maximum atomic E-state index is 10.4. The number of rotatable bonds is 1. The molecule has 64 valence electrons. The fraction of sp³-hybridized carbons (Fsp3) is 0.875. The molecule has 2 unspecified atom stereocenters. The summed E-state index contributed by atoms with van der Waals surface area (Å²) < 4.78 is 4.90. The molecule has 0 spiro atoms. The standard InChI is InChI=1S/C8H15NO2/c1-6-3-2-4-7(5-6)11-8(9)10/h6-7H,2-5H2,1H3,(H2,9,10). The Hall–Kier alpha value is -0.730. The van der Waals surface area contributed by atoms with Crippen LogP contribution in [0.4, 0.5) is 4.79 Å². The Kier molecular flexibility index (Phi) is 2.74. The molecule has 0 aromatic rings. The van der Waals surface area contributed by atoms with Crippen molar-refractivity contribution in [1.29, 1.82) is 0 Å². The molecule has 0 aromatic carbocycles. The first kappa shape index (κ1) is 8.37. The molecule has 1 aliphatic carbocycles. The summed E-state index contributed by atoms with van der Waals surface area (Å²) in [7, 11) is 0. The highest BCUT2D eigenvalue weighted by molar-refractivity contribution is 5.64. The lowest BCUT2D eigenvalue weighted by atomic mass is 9.89. The number of hydrogen-bond donors (Lipinski definition) is 1. The topological polar surface area (TPSA) is 52.3 Å². The fourth-order valence-electron chi connectivity index (χ4n) is 1.65. The average Bonchev–Trinajstić information content (AvgIpc) is 1.85. The van der Waals surface area contributed by atoms with Crippen LogP contribution < -0.4 is 5.73 Å². The summed E-state index contributed by atoms with van der Waals surface area (Å²) in [5, 5.41) is 0. The highest BCUT2D eigenvalue weighted by Gasteiger charge is 2.20. The third kappa shape index (κ3) is 2.78. The van der Waals surface area contributed by atoms with Gasteiger partial charge in [0.1, 0.15) is 6.10 Å². The van der Waals surface area contributed by atoms with E-state index < -0.39 is 6.09 Å². The molecule has 0 saturated heterocycles. The molecule has 0 aliphatic heterocycles. The first-order valence-electron chi connectivity index (χ1n) is 4.14. The largest absolute Gasteiger partial charge is 0.446 e. The van der Waals surface area contributed by atoms with Crippen LogP contribution in [0.5, 0.6) is 0 Å². The van der Waals surface area contributed by atoms with Crippen molar-refractivity contribution in [3.8, 4) is 0 Å². The van der Waals surface area contributed by atoms with E-state index in [1.165, 1.54) is 6.42 Å². The molecule has 0 heterocycles. The quantitative estimate of drug-likeness (QED) is 0.629. The van der Waals surface area contributed by atoms with Gasteiger partial charge in [-0.15, -0.1) is 0 Å². The van der Waals surface area contributed by atoms with E-state index in [0.29, 0.717) is 5.92 Å². The number of primary amides is 1. The van der Waals surface area contributed by atoms with Crippen molar-refractivity contribution in [3.63, 3.8) is 0 Å². The maximum Gasteiger partial charge on any atom is 0.404 e. The molecule has 1 rings (SSSR count). The molecular weight excluding hydrogens is 142 g/mol. The lowest BCUT2D eigenvalue weighted by Crippen LogP contribution is -2.27. The van der Waals surface area contributed by atoms with Gasteiger partial charge < -0.3 is 10.5 Å². The van der Waals surface area contributed by atoms with Crippen LogP contribution in [0, 0.1) is 5.92 Å². The van der Waals surface area contributed by atoms with Gasteiger partial charge in [0.05, 0.1) is 0 Å². The molecule has 11 heavy (non-hydrogen) atoms. The second-order valence-corrected chi connectivity index (χ2v) is 3.33. The zero-order chi connectivity index (χ0) is 8.27. The minimum Gasteiger partial charge on any atom is -0.446 e. The van der Waals surface area contributed by atoms with Gasteiger partial charge in [0.2, 0.25) is 0 Å². The molecule has 2 N–H and O–H groups in total. The predicted octanol–water partition coefficient (Wildman–Crippen LogP) is 1.66. The van der Waals surface area contributed by atoms with Gasteiger partial charge in [-0.2, -0.15) is 0 Å². The highest BCUT2D eigenvalue weighted by Crippen LogP contribution is 2.25. The zero-order valence-electron chi connectivity index (χ0n) is 6.88. The van der Waals surface area contributed by atoms with Crippen molar-refractivity contribution in [1.82, 2.24) is 0 Å². The van der Waals surface area contributed by atoms with Crippen molar-refractivity contribution in [2.24, 2.45) is 11.7 Å². The summed E-state index contributed by atoms with van der Waals surface area (Å²) in [5.74, 6) is 0.674. The van der Waals surface area contributed by atoms with Crippen LogP contribution >= 0.6 is 0 Å². The van der Waals surface area contributed by atoms with Crippen molar-refractivity contribution < 1.29 is 9.53 Å². The summed E-state index contributed by atoms with van der Waals surface area (Å²) in [6, 6.07) is 0. The number of nitrogens with two attached hydrogens (primary N) is 1. The van der Waals surface area contributed by atoms with Crippen LogP contribution in [-0.2, 0) is 4.74 Å². The molecule has 2 atom stereocenters. The number of hydrogen-bond acceptors (Lipinski definition) is 2. The van der Waals surface area contributed by atoms with Gasteiger partial charge in [-0.1, -0.05) is 13.3 Å². The Morgan fingerprint density at radius 1 is 1.55 bits per heavy atom. The smallest absolute Gasteiger partial charge is 0.404 e. The predicted molar refractivity (Wildman–Crippen MR) is 42.1 cm³/mol. The number of carbonyl (C=O) groups is 1. The van der Waals surface area contributed by atoms with Gasteiger partial charge in [-0.25, -0.2) is 4.79 Å². The van der Waals surface area contributed by atoms with Crippen LogP contribution in [0.3, 0.4) is 0 Å². The average molecular weight is 157 g/mol. The SMILES string of the molecule is CC1CCCC(OC(N)=O)C1. The Bertz CT molecular complexity index is 147. The lowest BCUT2D eigenvalue weighted by Gasteiger charge is -2.25. The summed E-state index contributed by atoms with van der Waals surface area (Å²) in [6.45, 7) is 2.18. The molecule has 0 bridgehead atoms. The van der Waals surface area contributed by atoms with E-state index in [1.54, 1.807) is 0 Å². The fourth-order valence-corrected chi connectivity index (χ4v) is 1.65. The van der Waals surface area contributed by atoms with Crippen molar-refractivity contribution >= 4 is 6.09 Å². The first-order valence-corrected chi connectivity index (χ1v) is 4.14. The van der Waals surface area contributed by atoms with Crippen molar-refractivity contribution in [2.45, 2.75) is 38.7 Å². The number of amides is 1. The Balaban J connectivity index is 2.28. The van der Waals surface area contributed by atoms with Crippen LogP contribution in [0.1, 0.15) is 32.6 Å². The molecule has 3 nitrogen and oxygen atoms in total. The molecule has 1 saturated carbocycles. The number of ether oxygens (including phenoxy) is 1. The van der Waals surface area contributed by atoms with E-state index in [2.05, 4.69) is 6.92 Å². The summed E-state index contributed by atoms with van der Waals surface area (Å²) >= 11 is 0. The second-order valence-electron chi connectivity index (χ2n) is 3.33. The molecular formula is C8H15NO2. The van der Waals surface area contributed by atoms with Crippen LogP contribution in [0.25, 0.3) is 0 Å². The summed E-state index contributed by atoms with van der Waals surface area (Å²) in [6.07, 6.45) is 3.80. The van der Waals surface area contributed by atoms with Crippen LogP contribution in [-0.4, -0.2) is 12.2 Å². The normalized spacial score (nSPS) is 31.4. The van der Waals surface area contributed by atoms with Crippen molar-refractivity contribution in [3.05, 3.63) is 0 Å². The summed E-state index contributed by atoms with van der Waals surface area (Å²) in [4.78, 5) is 10.4. The lowest BCUT2D eigenvalue weighted by molar-refractivity contribution is 0.0691. The van der Waals surface area contributed by atoms with Gasteiger partial charge in [0.25, 0.3) is 0 Å². The third-order valence-corrected chi connectivity index (χ3v) is 2.17. The van der Waals surface area contributed by atoms with Gasteiger partial charge in [0, 0.05) is 0 Å². The van der Waals surface area contributed by atoms with E-state index in [0.717, 1.165) is 19.3 Å². The number of carbonyl (C=O) groups excluding carboxylic acids is 1.